The van der Waals surface area contributed by atoms with Crippen molar-refractivity contribution in [2.45, 2.75) is 33.1 Å². The maximum Gasteiger partial charge on any atom is 0.338 e. The van der Waals surface area contributed by atoms with E-state index in [-0.39, 0.29) is 36.2 Å². The molecule has 0 saturated carbocycles. The molecule has 2 rings (SSSR count). The lowest BCUT2D eigenvalue weighted by Crippen LogP contribution is -2.30. The zero-order valence-electron chi connectivity index (χ0n) is 12.6. The van der Waals surface area contributed by atoms with E-state index in [1.165, 1.54) is 4.90 Å². The Hall–Kier alpha value is -2.30. The van der Waals surface area contributed by atoms with Gasteiger partial charge in [-0.25, -0.2) is 4.79 Å². The molecule has 1 aromatic rings. The van der Waals surface area contributed by atoms with E-state index in [2.05, 4.69) is 0 Å². The van der Waals surface area contributed by atoms with E-state index in [0.29, 0.717) is 0 Å². The van der Waals surface area contributed by atoms with Gasteiger partial charge < -0.3 is 10.5 Å². The van der Waals surface area contributed by atoms with Crippen LogP contribution in [0.15, 0.2) is 35.7 Å². The summed E-state index contributed by atoms with van der Waals surface area (Å²) in [6.07, 6.45) is -0.0168. The minimum absolute atomic E-state index is 0.0168. The van der Waals surface area contributed by atoms with Crippen LogP contribution in [-0.4, -0.2) is 18.5 Å². The molecule has 0 radical (unpaired) electrons. The van der Waals surface area contributed by atoms with Gasteiger partial charge in [-0.2, -0.15) is 0 Å². The molecule has 2 N–H and O–H groups in total. The summed E-state index contributed by atoms with van der Waals surface area (Å²) in [5.74, 6) is -0.309. The topological polar surface area (TPSA) is 72.6 Å². The number of rotatable bonds is 4. The summed E-state index contributed by atoms with van der Waals surface area (Å²) in [7, 11) is 0. The lowest BCUT2D eigenvalue weighted by Gasteiger charge is -2.22. The van der Waals surface area contributed by atoms with Gasteiger partial charge in [0.2, 0.25) is 5.91 Å². The van der Waals surface area contributed by atoms with Crippen molar-refractivity contribution in [1.29, 1.82) is 0 Å². The molecule has 0 bridgehead atoms. The van der Waals surface area contributed by atoms with Crippen molar-refractivity contribution in [2.24, 2.45) is 5.73 Å². The summed E-state index contributed by atoms with van der Waals surface area (Å²) < 4.78 is 4.95. The zero-order valence-corrected chi connectivity index (χ0v) is 12.6. The number of hydrogen-bond donors (Lipinski definition) is 1. The Morgan fingerprint density at radius 2 is 2.05 bits per heavy atom. The van der Waals surface area contributed by atoms with E-state index in [1.807, 2.05) is 38.1 Å². The maximum atomic E-state index is 12.3. The van der Waals surface area contributed by atoms with Crippen molar-refractivity contribution >= 4 is 17.6 Å². The van der Waals surface area contributed by atoms with Crippen LogP contribution in [0.5, 0.6) is 0 Å². The van der Waals surface area contributed by atoms with Crippen LogP contribution in [0, 0.1) is 0 Å². The molecule has 0 fully saturated rings. The highest BCUT2D eigenvalue weighted by atomic mass is 16.5. The molecular weight excluding hydrogens is 268 g/mol. The third-order valence-corrected chi connectivity index (χ3v) is 3.45. The van der Waals surface area contributed by atoms with Gasteiger partial charge in [0.1, 0.15) is 5.82 Å². The summed E-state index contributed by atoms with van der Waals surface area (Å²) in [5, 5.41) is 0. The number of anilines is 1. The van der Waals surface area contributed by atoms with Crippen molar-refractivity contribution in [2.75, 3.05) is 11.5 Å². The molecule has 0 atom stereocenters. The van der Waals surface area contributed by atoms with Gasteiger partial charge in [-0.05, 0) is 24.5 Å². The van der Waals surface area contributed by atoms with Crippen molar-refractivity contribution in [3.8, 4) is 0 Å². The molecule has 1 aliphatic rings. The first kappa shape index (κ1) is 15.1. The van der Waals surface area contributed by atoms with Crippen LogP contribution in [0.3, 0.4) is 0 Å². The van der Waals surface area contributed by atoms with Crippen molar-refractivity contribution in [1.82, 2.24) is 0 Å². The van der Waals surface area contributed by atoms with E-state index in [9.17, 15) is 9.59 Å². The Balaban J connectivity index is 2.45. The van der Waals surface area contributed by atoms with E-state index in [0.717, 1.165) is 11.3 Å². The molecule has 1 aliphatic heterocycles. The van der Waals surface area contributed by atoms with Gasteiger partial charge in [-0.3, -0.25) is 9.69 Å². The molecule has 5 nitrogen and oxygen atoms in total. The van der Waals surface area contributed by atoms with Gasteiger partial charge in [-0.1, -0.05) is 32.0 Å². The van der Waals surface area contributed by atoms with Crippen LogP contribution in [0.25, 0.3) is 0 Å². The highest BCUT2D eigenvalue weighted by molar-refractivity contribution is 6.09. The number of ether oxygens (including phenoxy) is 1. The van der Waals surface area contributed by atoms with Gasteiger partial charge in [0, 0.05) is 0 Å². The number of hydrogen-bond acceptors (Lipinski definition) is 4. The lowest BCUT2D eigenvalue weighted by atomic mass is 10.0. The van der Waals surface area contributed by atoms with Crippen LogP contribution in [0.4, 0.5) is 5.69 Å². The smallest absolute Gasteiger partial charge is 0.338 e. The molecule has 0 saturated heterocycles. The minimum atomic E-state index is -0.520. The van der Waals surface area contributed by atoms with E-state index < -0.39 is 5.97 Å². The second-order valence-electron chi connectivity index (χ2n) is 5.20. The fourth-order valence-corrected chi connectivity index (χ4v) is 2.43. The van der Waals surface area contributed by atoms with Crippen molar-refractivity contribution in [3.63, 3.8) is 0 Å². The average Bonchev–Trinajstić information content (AvgIpc) is 2.74. The predicted molar refractivity (Wildman–Crippen MR) is 80.5 cm³/mol. The molecule has 112 valence electrons. The van der Waals surface area contributed by atoms with E-state index in [1.54, 1.807) is 6.92 Å². The number of nitrogens with zero attached hydrogens (tertiary/aromatic N) is 1. The first-order chi connectivity index (χ1) is 9.97. The Labute approximate surface area is 124 Å². The highest BCUT2D eigenvalue weighted by Crippen LogP contribution is 2.33. The monoisotopic (exact) mass is 288 g/mol. The van der Waals surface area contributed by atoms with Crippen molar-refractivity contribution in [3.05, 3.63) is 41.2 Å². The second kappa shape index (κ2) is 5.99. The summed E-state index contributed by atoms with van der Waals surface area (Å²) in [6.45, 7) is 6.07. The van der Waals surface area contributed by atoms with Gasteiger partial charge in [0.25, 0.3) is 0 Å². The van der Waals surface area contributed by atoms with Gasteiger partial charge in [-0.15, -0.1) is 0 Å². The maximum absolute atomic E-state index is 12.3. The van der Waals surface area contributed by atoms with Gasteiger partial charge >= 0.3 is 5.97 Å². The molecule has 0 unspecified atom stereocenters. The van der Waals surface area contributed by atoms with E-state index in [4.69, 9.17) is 10.5 Å². The normalized spacial score (nSPS) is 15.0. The number of benzene rings is 1. The number of para-hydroxylation sites is 1. The molecule has 1 heterocycles. The Bertz CT molecular complexity index is 605. The number of esters is 1. The summed E-state index contributed by atoms with van der Waals surface area (Å²) in [4.78, 5) is 25.6. The lowest BCUT2D eigenvalue weighted by molar-refractivity contribution is -0.139. The first-order valence-corrected chi connectivity index (χ1v) is 7.05. The Morgan fingerprint density at radius 1 is 1.38 bits per heavy atom. The number of carbonyl (C=O) groups excluding carboxylic acids is 2. The first-order valence-electron chi connectivity index (χ1n) is 7.05. The average molecular weight is 288 g/mol. The van der Waals surface area contributed by atoms with Crippen LogP contribution >= 0.6 is 0 Å². The largest absolute Gasteiger partial charge is 0.463 e. The highest BCUT2D eigenvalue weighted by Gasteiger charge is 2.35. The summed E-state index contributed by atoms with van der Waals surface area (Å²) in [6, 6.07) is 7.58. The van der Waals surface area contributed by atoms with Gasteiger partial charge in [0.15, 0.2) is 0 Å². The summed E-state index contributed by atoms with van der Waals surface area (Å²) >= 11 is 0. The van der Waals surface area contributed by atoms with Crippen LogP contribution < -0.4 is 10.6 Å². The number of carbonyl (C=O) groups is 2. The molecule has 0 spiro atoms. The fraction of sp³-hybridized carbons (Fsp3) is 0.375. The van der Waals surface area contributed by atoms with Crippen molar-refractivity contribution < 1.29 is 14.3 Å². The Morgan fingerprint density at radius 3 is 2.67 bits per heavy atom. The fourth-order valence-electron chi connectivity index (χ4n) is 2.43. The predicted octanol–water partition coefficient (Wildman–Crippen LogP) is 2.28. The third kappa shape index (κ3) is 2.77. The molecule has 1 aromatic carbocycles. The zero-order chi connectivity index (χ0) is 15.6. The molecule has 0 aromatic heterocycles. The Kier molecular flexibility index (Phi) is 4.31. The van der Waals surface area contributed by atoms with Crippen LogP contribution in [-0.2, 0) is 14.3 Å². The minimum Gasteiger partial charge on any atom is -0.463 e. The second-order valence-corrected chi connectivity index (χ2v) is 5.20. The van der Waals surface area contributed by atoms with Crippen LogP contribution in [0.2, 0.25) is 0 Å². The standard InChI is InChI=1S/C16H20N2O3/c1-4-21-16(20)12-9-14(19)18(15(12)17)13-8-6-5-7-11(13)10(2)3/h5-8,10H,4,9,17H2,1-3H3. The number of nitrogens with two attached hydrogens (primary N) is 1. The van der Waals surface area contributed by atoms with Gasteiger partial charge in [0.05, 0.1) is 24.3 Å². The SMILES string of the molecule is CCOC(=O)C1=C(N)N(c2ccccc2C(C)C)C(=O)C1. The summed E-state index contributed by atoms with van der Waals surface area (Å²) in [5.41, 5.74) is 8.01. The molecule has 21 heavy (non-hydrogen) atoms. The molecule has 0 aliphatic carbocycles. The quantitative estimate of drug-likeness (QED) is 0.863. The molecule has 5 heteroatoms. The van der Waals surface area contributed by atoms with Crippen LogP contribution in [0.1, 0.15) is 38.7 Å². The molecule has 1 amide bonds. The molecular formula is C16H20N2O3. The van der Waals surface area contributed by atoms with E-state index >= 15 is 0 Å². The third-order valence-electron chi connectivity index (χ3n) is 3.45. The number of amides is 1.